The maximum atomic E-state index is 14.8. The number of aromatic nitrogens is 4. The zero-order valence-electron chi connectivity index (χ0n) is 37.6. The molecule has 1 N–H and O–H groups in total. The Morgan fingerprint density at radius 2 is 0.970 bits per heavy atom. The van der Waals surface area contributed by atoms with Gasteiger partial charge in [0.15, 0.2) is 0 Å². The Kier molecular flexibility index (Phi) is 18.7. The summed E-state index contributed by atoms with van der Waals surface area (Å²) >= 11 is 2.15. The fourth-order valence-corrected chi connectivity index (χ4v) is 7.93. The van der Waals surface area contributed by atoms with Crippen LogP contribution in [0, 0.1) is 11.6 Å². The van der Waals surface area contributed by atoms with Gasteiger partial charge in [-0.25, -0.2) is 18.1 Å². The van der Waals surface area contributed by atoms with Gasteiger partial charge in [-0.2, -0.15) is 10.2 Å². The van der Waals surface area contributed by atoms with Crippen LogP contribution in [-0.2, 0) is 27.1 Å². The van der Waals surface area contributed by atoms with Crippen molar-refractivity contribution >= 4 is 28.9 Å². The van der Waals surface area contributed by atoms with E-state index in [1.54, 1.807) is 35.1 Å². The van der Waals surface area contributed by atoms with Crippen molar-refractivity contribution in [3.63, 3.8) is 0 Å². The standard InChI is InChI=1S/C27H26FN3O.C23H17FN2O.C4H9NO.CH3I/c28-26-9-5-4-8-25(26)27-23(14-15-30-16-18-32-19-17-30)20-29-31(27)24-12-10-22(11-13-24)21-6-2-1-3-7-21;24-22-9-5-4-8-21(22)23-19(14-15-27)16-25-26(23)20-12-10-18(11-13-20)17-6-2-1-3-7-17;1-3-6-4-2-5-1;1-2/h1-13,20H,14-19H2;1-13,15-16H,14H2;5H,1-4H2;1H3. The van der Waals surface area contributed by atoms with Gasteiger partial charge < -0.3 is 19.6 Å². The molecular formula is C55H55F2IN6O3. The van der Waals surface area contributed by atoms with Gasteiger partial charge in [0, 0.05) is 55.8 Å². The first-order valence-corrected chi connectivity index (χ1v) is 24.6. The molecule has 6 aromatic carbocycles. The van der Waals surface area contributed by atoms with Crippen molar-refractivity contribution < 1.29 is 23.0 Å². The molecule has 67 heavy (non-hydrogen) atoms. The van der Waals surface area contributed by atoms with Crippen LogP contribution in [0.2, 0.25) is 0 Å². The minimum atomic E-state index is -0.340. The van der Waals surface area contributed by atoms with E-state index in [9.17, 15) is 13.6 Å². The van der Waals surface area contributed by atoms with Crippen molar-refractivity contribution in [2.75, 3.05) is 64.1 Å². The Morgan fingerprint density at radius 1 is 0.552 bits per heavy atom. The van der Waals surface area contributed by atoms with Gasteiger partial charge in [0.1, 0.15) is 17.9 Å². The lowest BCUT2D eigenvalue weighted by molar-refractivity contribution is -0.107. The summed E-state index contributed by atoms with van der Waals surface area (Å²) in [6.07, 6.45) is 5.32. The summed E-state index contributed by atoms with van der Waals surface area (Å²) in [5.74, 6) is -0.574. The number of morpholine rings is 2. The fourth-order valence-electron chi connectivity index (χ4n) is 7.93. The lowest BCUT2D eigenvalue weighted by Crippen LogP contribution is -2.37. The van der Waals surface area contributed by atoms with Crippen LogP contribution < -0.4 is 5.32 Å². The van der Waals surface area contributed by atoms with Crippen LogP contribution >= 0.6 is 22.6 Å². The summed E-state index contributed by atoms with van der Waals surface area (Å²) in [6.45, 7) is 8.15. The zero-order valence-corrected chi connectivity index (χ0v) is 39.8. The highest BCUT2D eigenvalue weighted by Crippen LogP contribution is 2.32. The van der Waals surface area contributed by atoms with Crippen LogP contribution in [0.25, 0.3) is 56.1 Å². The van der Waals surface area contributed by atoms with Crippen molar-refractivity contribution in [1.29, 1.82) is 0 Å². The van der Waals surface area contributed by atoms with Gasteiger partial charge >= 0.3 is 0 Å². The number of halogens is 3. The first-order chi connectivity index (χ1) is 33.1. The summed E-state index contributed by atoms with van der Waals surface area (Å²) in [5.41, 5.74) is 10.4. The molecule has 9 nitrogen and oxygen atoms in total. The molecule has 2 aromatic heterocycles. The lowest BCUT2D eigenvalue weighted by atomic mass is 10.0. The zero-order chi connectivity index (χ0) is 46.6. The molecule has 0 atom stereocenters. The van der Waals surface area contributed by atoms with Gasteiger partial charge in [-0.1, -0.05) is 132 Å². The highest BCUT2D eigenvalue weighted by molar-refractivity contribution is 14.1. The molecule has 0 amide bonds. The molecular weight excluding hydrogens is 958 g/mol. The SMILES string of the molecule is C1COCCN1.CI.Fc1ccccc1-c1c(CCN2CCOCC2)cnn1-c1ccc(-c2ccccc2)cc1.O=CCc1cnn(-c2ccc(-c3ccccc3)cc2)c1-c1ccccc1F. The van der Waals surface area contributed by atoms with Crippen molar-refractivity contribution in [2.45, 2.75) is 12.8 Å². The molecule has 8 aromatic rings. The molecule has 0 radical (unpaired) electrons. The molecule has 4 heterocycles. The van der Waals surface area contributed by atoms with Crippen LogP contribution in [0.15, 0.2) is 170 Å². The fraction of sp³-hybridized carbons (Fsp3) is 0.218. The summed E-state index contributed by atoms with van der Waals surface area (Å²) in [4.78, 5) is 15.4. The lowest BCUT2D eigenvalue weighted by Gasteiger charge is -2.26. The number of carbonyl (C=O) groups is 1. The molecule has 12 heteroatoms. The number of carbonyl (C=O) groups excluding carboxylic acids is 1. The van der Waals surface area contributed by atoms with Crippen molar-refractivity contribution in [2.24, 2.45) is 0 Å². The third-order valence-corrected chi connectivity index (χ3v) is 11.3. The Morgan fingerprint density at radius 3 is 1.40 bits per heavy atom. The summed E-state index contributed by atoms with van der Waals surface area (Å²) in [7, 11) is 0. The number of rotatable bonds is 11. The molecule has 10 rings (SSSR count). The number of alkyl halides is 1. The largest absolute Gasteiger partial charge is 0.379 e. The molecule has 0 saturated carbocycles. The molecule has 0 aliphatic carbocycles. The van der Waals surface area contributed by atoms with Gasteiger partial charge in [-0.15, -0.1) is 0 Å². The van der Waals surface area contributed by atoms with Gasteiger partial charge in [-0.3, -0.25) is 4.90 Å². The molecule has 0 spiro atoms. The Bertz CT molecular complexity index is 2710. The summed E-state index contributed by atoms with van der Waals surface area (Å²) in [6, 6.07) is 50.0. The first-order valence-electron chi connectivity index (χ1n) is 22.4. The monoisotopic (exact) mass is 1010 g/mol. The van der Waals surface area contributed by atoms with Crippen molar-refractivity contribution in [1.82, 2.24) is 29.8 Å². The third kappa shape index (κ3) is 13.1. The van der Waals surface area contributed by atoms with Gasteiger partial charge in [-0.05, 0) is 87.7 Å². The second-order valence-corrected chi connectivity index (χ2v) is 15.6. The van der Waals surface area contributed by atoms with Crippen molar-refractivity contribution in [3.05, 3.63) is 193 Å². The van der Waals surface area contributed by atoms with E-state index in [1.807, 2.05) is 101 Å². The van der Waals surface area contributed by atoms with Gasteiger partial charge in [0.2, 0.25) is 0 Å². The molecule has 2 aliphatic heterocycles. The van der Waals surface area contributed by atoms with E-state index in [4.69, 9.17) is 9.47 Å². The Balaban J connectivity index is 0.000000173. The Hall–Kier alpha value is -6.16. The van der Waals surface area contributed by atoms with Crippen LogP contribution in [-0.4, -0.2) is 94.8 Å². The van der Waals surface area contributed by atoms with Crippen LogP contribution in [0.3, 0.4) is 0 Å². The number of ether oxygens (including phenoxy) is 2. The second-order valence-electron chi connectivity index (χ2n) is 15.6. The first kappa shape index (κ1) is 48.8. The van der Waals surface area contributed by atoms with Crippen molar-refractivity contribution in [3.8, 4) is 56.1 Å². The minimum Gasteiger partial charge on any atom is -0.379 e. The minimum absolute atomic E-state index is 0.186. The molecule has 2 aliphatic rings. The van der Waals surface area contributed by atoms with Gasteiger partial charge in [0.25, 0.3) is 0 Å². The number of aldehydes is 1. The highest BCUT2D eigenvalue weighted by atomic mass is 127. The quantitative estimate of drug-likeness (QED) is 0.0785. The topological polar surface area (TPSA) is 86.4 Å². The highest BCUT2D eigenvalue weighted by Gasteiger charge is 2.20. The second kappa shape index (κ2) is 25.7. The maximum absolute atomic E-state index is 14.8. The number of benzene rings is 6. The van der Waals surface area contributed by atoms with E-state index in [2.05, 4.69) is 79.4 Å². The average molecular weight is 1010 g/mol. The average Bonchev–Trinajstić information content (AvgIpc) is 4.03. The maximum Gasteiger partial charge on any atom is 0.132 e. The van der Waals surface area contributed by atoms with E-state index in [-0.39, 0.29) is 18.1 Å². The van der Waals surface area contributed by atoms with Crippen LogP contribution in [0.5, 0.6) is 0 Å². The van der Waals surface area contributed by atoms with E-state index in [0.717, 1.165) is 111 Å². The van der Waals surface area contributed by atoms with Crippen LogP contribution in [0.4, 0.5) is 8.78 Å². The van der Waals surface area contributed by atoms with Gasteiger partial charge in [0.05, 0.1) is 61.6 Å². The number of nitrogens with one attached hydrogen (secondary N) is 1. The smallest absolute Gasteiger partial charge is 0.132 e. The van der Waals surface area contributed by atoms with E-state index < -0.39 is 0 Å². The molecule has 344 valence electrons. The molecule has 0 bridgehead atoms. The van der Waals surface area contributed by atoms with Crippen LogP contribution in [0.1, 0.15) is 11.1 Å². The number of hydrogen-bond donors (Lipinski definition) is 1. The predicted molar refractivity (Wildman–Crippen MR) is 273 cm³/mol. The summed E-state index contributed by atoms with van der Waals surface area (Å²) in [5, 5.41) is 12.3. The number of hydrogen-bond acceptors (Lipinski definition) is 7. The normalized spacial score (nSPS) is 13.5. The van der Waals surface area contributed by atoms with E-state index >= 15 is 0 Å². The number of nitrogens with zero attached hydrogens (tertiary/aromatic N) is 5. The molecule has 0 unspecified atom stereocenters. The van der Waals surface area contributed by atoms with E-state index in [1.165, 1.54) is 17.7 Å². The third-order valence-electron chi connectivity index (χ3n) is 11.3. The summed E-state index contributed by atoms with van der Waals surface area (Å²) < 4.78 is 43.3. The predicted octanol–water partition coefficient (Wildman–Crippen LogP) is 11.0. The molecule has 2 saturated heterocycles. The van der Waals surface area contributed by atoms with E-state index in [0.29, 0.717) is 22.4 Å². The molecule has 2 fully saturated rings. The Labute approximate surface area is 405 Å².